The maximum Gasteiger partial charge on any atom is 0.140 e. The van der Waals surface area contributed by atoms with E-state index in [-0.39, 0.29) is 12.4 Å². The lowest BCUT2D eigenvalue weighted by molar-refractivity contribution is 0.209. The first-order valence-corrected chi connectivity index (χ1v) is 6.85. The number of nitrogens with two attached hydrogens (primary N) is 1. The molecule has 0 saturated heterocycles. The van der Waals surface area contributed by atoms with Crippen LogP contribution in [0, 0.1) is 5.82 Å². The van der Waals surface area contributed by atoms with E-state index in [9.17, 15) is 4.39 Å². The fourth-order valence-corrected chi connectivity index (χ4v) is 2.20. The molecule has 0 bridgehead atoms. The van der Waals surface area contributed by atoms with Gasteiger partial charge in [-0.3, -0.25) is 0 Å². The molecular formula is C14H12BrClFNO. The number of benzene rings is 2. The van der Waals surface area contributed by atoms with Crippen LogP contribution in [0.2, 0.25) is 5.02 Å². The topological polar surface area (TPSA) is 35.2 Å². The van der Waals surface area contributed by atoms with Crippen molar-refractivity contribution in [1.82, 2.24) is 0 Å². The van der Waals surface area contributed by atoms with Gasteiger partial charge in [0.1, 0.15) is 17.7 Å². The van der Waals surface area contributed by atoms with E-state index < -0.39 is 6.10 Å². The normalized spacial score (nSPS) is 12.2. The summed E-state index contributed by atoms with van der Waals surface area (Å²) in [5.74, 6) is 0.124. The summed E-state index contributed by atoms with van der Waals surface area (Å²) >= 11 is 9.38. The lowest BCUT2D eigenvalue weighted by Gasteiger charge is -2.19. The van der Waals surface area contributed by atoms with Gasteiger partial charge in [0.2, 0.25) is 0 Å². The Hall–Kier alpha value is -1.10. The van der Waals surface area contributed by atoms with Gasteiger partial charge < -0.3 is 10.5 Å². The molecule has 0 saturated carbocycles. The minimum absolute atomic E-state index is 0.157. The predicted molar refractivity (Wildman–Crippen MR) is 78.0 cm³/mol. The van der Waals surface area contributed by atoms with Gasteiger partial charge in [-0.2, -0.15) is 0 Å². The van der Waals surface area contributed by atoms with E-state index in [1.54, 1.807) is 36.4 Å². The molecule has 0 amide bonds. The zero-order valence-electron chi connectivity index (χ0n) is 9.95. The second-order valence-corrected chi connectivity index (χ2v) is 5.26. The van der Waals surface area contributed by atoms with E-state index in [0.717, 1.165) is 4.47 Å². The third-order valence-electron chi connectivity index (χ3n) is 2.63. The van der Waals surface area contributed by atoms with Gasteiger partial charge in [0.05, 0.1) is 5.02 Å². The summed E-state index contributed by atoms with van der Waals surface area (Å²) in [7, 11) is 0. The Balaban J connectivity index is 2.29. The fraction of sp³-hybridized carbons (Fsp3) is 0.143. The van der Waals surface area contributed by atoms with Crippen molar-refractivity contribution in [2.75, 3.05) is 6.54 Å². The van der Waals surface area contributed by atoms with Gasteiger partial charge >= 0.3 is 0 Å². The minimum Gasteiger partial charge on any atom is -0.483 e. The van der Waals surface area contributed by atoms with Gasteiger partial charge in [-0.05, 0) is 24.3 Å². The molecule has 100 valence electrons. The number of hydrogen-bond donors (Lipinski definition) is 1. The molecular weight excluding hydrogens is 333 g/mol. The molecule has 1 unspecified atom stereocenters. The van der Waals surface area contributed by atoms with Crippen LogP contribution in [0.5, 0.6) is 5.75 Å². The van der Waals surface area contributed by atoms with Crippen LogP contribution in [0.4, 0.5) is 4.39 Å². The van der Waals surface area contributed by atoms with Crippen molar-refractivity contribution in [2.24, 2.45) is 5.73 Å². The average Bonchev–Trinajstić information content (AvgIpc) is 2.41. The first-order valence-electron chi connectivity index (χ1n) is 5.68. The van der Waals surface area contributed by atoms with Crippen LogP contribution >= 0.6 is 27.5 Å². The van der Waals surface area contributed by atoms with Crippen LogP contribution in [0.1, 0.15) is 11.7 Å². The monoisotopic (exact) mass is 343 g/mol. The molecule has 2 aromatic carbocycles. The Morgan fingerprint density at radius 1 is 1.26 bits per heavy atom. The highest BCUT2D eigenvalue weighted by molar-refractivity contribution is 9.10. The first-order chi connectivity index (χ1) is 9.11. The summed E-state index contributed by atoms with van der Waals surface area (Å²) < 4.78 is 20.3. The quantitative estimate of drug-likeness (QED) is 0.896. The van der Waals surface area contributed by atoms with Gasteiger partial charge in [-0.1, -0.05) is 45.7 Å². The van der Waals surface area contributed by atoms with Crippen molar-refractivity contribution < 1.29 is 9.13 Å². The molecule has 0 spiro atoms. The molecule has 2 aromatic rings. The third-order valence-corrected chi connectivity index (χ3v) is 3.43. The van der Waals surface area contributed by atoms with Crippen molar-refractivity contribution >= 4 is 27.5 Å². The second-order valence-electron chi connectivity index (χ2n) is 3.94. The van der Waals surface area contributed by atoms with Gasteiger partial charge in [0.15, 0.2) is 0 Å². The predicted octanol–water partition coefficient (Wildman–Crippen LogP) is 4.32. The summed E-state index contributed by atoms with van der Waals surface area (Å²) in [6, 6.07) is 11.6. The van der Waals surface area contributed by atoms with Crippen LogP contribution in [0.25, 0.3) is 0 Å². The first kappa shape index (κ1) is 14.3. The van der Waals surface area contributed by atoms with Gasteiger partial charge in [0.25, 0.3) is 0 Å². The van der Waals surface area contributed by atoms with Crippen LogP contribution in [-0.4, -0.2) is 6.54 Å². The number of ether oxygens (including phenoxy) is 1. The minimum atomic E-state index is -0.576. The molecule has 19 heavy (non-hydrogen) atoms. The maximum absolute atomic E-state index is 13.7. The molecule has 2 rings (SSSR count). The van der Waals surface area contributed by atoms with Crippen LogP contribution in [-0.2, 0) is 0 Å². The molecule has 1 atom stereocenters. The third kappa shape index (κ3) is 3.47. The standard InChI is InChI=1S/C14H12BrClFNO/c15-9-5-6-11(16)13(7-9)19-14(8-18)10-3-1-2-4-12(10)17/h1-7,14H,8,18H2. The molecule has 0 aliphatic heterocycles. The lowest BCUT2D eigenvalue weighted by atomic mass is 10.1. The van der Waals surface area contributed by atoms with Crippen molar-refractivity contribution in [3.63, 3.8) is 0 Å². The molecule has 0 radical (unpaired) electrons. The van der Waals surface area contributed by atoms with E-state index in [1.807, 2.05) is 0 Å². The summed E-state index contributed by atoms with van der Waals surface area (Å²) in [5.41, 5.74) is 6.08. The SMILES string of the molecule is NCC(Oc1cc(Br)ccc1Cl)c1ccccc1F. The summed E-state index contributed by atoms with van der Waals surface area (Å²) in [6.07, 6.45) is -0.576. The Morgan fingerprint density at radius 2 is 2.00 bits per heavy atom. The molecule has 0 fully saturated rings. The number of hydrogen-bond acceptors (Lipinski definition) is 2. The van der Waals surface area contributed by atoms with Crippen LogP contribution in [0.3, 0.4) is 0 Å². The zero-order valence-corrected chi connectivity index (χ0v) is 12.3. The van der Waals surface area contributed by atoms with Gasteiger partial charge in [-0.25, -0.2) is 4.39 Å². The lowest BCUT2D eigenvalue weighted by Crippen LogP contribution is -2.19. The molecule has 5 heteroatoms. The highest BCUT2D eigenvalue weighted by Crippen LogP contribution is 2.32. The Morgan fingerprint density at radius 3 is 2.68 bits per heavy atom. The van der Waals surface area contributed by atoms with E-state index in [1.165, 1.54) is 6.07 Å². The van der Waals surface area contributed by atoms with E-state index in [2.05, 4.69) is 15.9 Å². The molecule has 0 aliphatic carbocycles. The van der Waals surface area contributed by atoms with E-state index in [4.69, 9.17) is 22.1 Å². The fourth-order valence-electron chi connectivity index (χ4n) is 1.70. The number of halogens is 3. The Labute approximate surface area is 124 Å². The van der Waals surface area contributed by atoms with Crippen molar-refractivity contribution in [2.45, 2.75) is 6.10 Å². The summed E-state index contributed by atoms with van der Waals surface area (Å²) in [6.45, 7) is 0.157. The summed E-state index contributed by atoms with van der Waals surface area (Å²) in [4.78, 5) is 0. The molecule has 0 heterocycles. The smallest absolute Gasteiger partial charge is 0.140 e. The zero-order chi connectivity index (χ0) is 13.8. The molecule has 2 nitrogen and oxygen atoms in total. The average molecular weight is 345 g/mol. The highest BCUT2D eigenvalue weighted by atomic mass is 79.9. The van der Waals surface area contributed by atoms with E-state index >= 15 is 0 Å². The van der Waals surface area contributed by atoms with Gasteiger partial charge in [0, 0.05) is 16.6 Å². The van der Waals surface area contributed by atoms with Crippen molar-refractivity contribution in [3.8, 4) is 5.75 Å². The van der Waals surface area contributed by atoms with Crippen LogP contribution < -0.4 is 10.5 Å². The molecule has 0 aliphatic rings. The van der Waals surface area contributed by atoms with E-state index in [0.29, 0.717) is 16.3 Å². The van der Waals surface area contributed by atoms with Crippen LogP contribution in [0.15, 0.2) is 46.9 Å². The molecule has 0 aromatic heterocycles. The Kier molecular flexibility index (Phi) is 4.80. The second kappa shape index (κ2) is 6.37. The largest absolute Gasteiger partial charge is 0.483 e. The highest BCUT2D eigenvalue weighted by Gasteiger charge is 2.17. The van der Waals surface area contributed by atoms with Crippen molar-refractivity contribution in [3.05, 3.63) is 63.3 Å². The summed E-state index contributed by atoms with van der Waals surface area (Å²) in [5, 5.41) is 0.456. The number of rotatable bonds is 4. The van der Waals surface area contributed by atoms with Crippen molar-refractivity contribution in [1.29, 1.82) is 0 Å². The molecule has 2 N–H and O–H groups in total. The Bertz CT molecular complexity index is 579. The van der Waals surface area contributed by atoms with Gasteiger partial charge in [-0.15, -0.1) is 0 Å². The maximum atomic E-state index is 13.7.